The van der Waals surface area contributed by atoms with Crippen LogP contribution >= 0.6 is 35.0 Å². The molecule has 1 atom stereocenters. The number of benzene rings is 2. The Morgan fingerprint density at radius 3 is 2.62 bits per heavy atom. The van der Waals surface area contributed by atoms with Gasteiger partial charge in [0.05, 0.1) is 16.6 Å². The van der Waals surface area contributed by atoms with Crippen molar-refractivity contribution >= 4 is 35.0 Å². The highest BCUT2D eigenvalue weighted by atomic mass is 35.5. The van der Waals surface area contributed by atoms with Gasteiger partial charge in [0.2, 0.25) is 0 Å². The maximum Gasteiger partial charge on any atom is 0.130 e. The first-order chi connectivity index (χ1) is 11.5. The summed E-state index contributed by atoms with van der Waals surface area (Å²) in [5, 5.41) is 0.715. The van der Waals surface area contributed by atoms with Crippen molar-refractivity contribution in [1.29, 1.82) is 0 Å². The molecule has 1 aromatic heterocycles. The van der Waals surface area contributed by atoms with Crippen molar-refractivity contribution in [3.05, 3.63) is 82.4 Å². The Bertz CT molecular complexity index is 841. The quantitative estimate of drug-likeness (QED) is 0.501. The molecule has 0 radical (unpaired) electrons. The summed E-state index contributed by atoms with van der Waals surface area (Å²) >= 11 is 13.5. The van der Waals surface area contributed by atoms with Crippen LogP contribution in [0.1, 0.15) is 10.8 Å². The van der Waals surface area contributed by atoms with Gasteiger partial charge in [0.15, 0.2) is 0 Å². The van der Waals surface area contributed by atoms with E-state index in [9.17, 15) is 8.78 Å². The molecular formula is C17H12Cl2F2N2S. The highest BCUT2D eigenvalue weighted by Gasteiger charge is 2.20. The van der Waals surface area contributed by atoms with E-state index in [1.54, 1.807) is 36.9 Å². The van der Waals surface area contributed by atoms with E-state index in [2.05, 4.69) is 4.98 Å². The van der Waals surface area contributed by atoms with Crippen molar-refractivity contribution in [2.75, 3.05) is 0 Å². The number of hydrogen-bond donors (Lipinski definition) is 0. The van der Waals surface area contributed by atoms with Gasteiger partial charge < -0.3 is 4.57 Å². The smallest absolute Gasteiger partial charge is 0.130 e. The molecule has 0 aliphatic rings. The fraction of sp³-hybridized carbons (Fsp3) is 0.118. The first-order valence-corrected chi connectivity index (χ1v) is 8.69. The van der Waals surface area contributed by atoms with E-state index in [1.165, 1.54) is 23.9 Å². The largest absolute Gasteiger partial charge is 0.336 e. The summed E-state index contributed by atoms with van der Waals surface area (Å²) in [4.78, 5) is 4.77. The number of imidazole rings is 1. The van der Waals surface area contributed by atoms with E-state index >= 15 is 0 Å². The zero-order valence-electron chi connectivity index (χ0n) is 12.3. The van der Waals surface area contributed by atoms with Crippen molar-refractivity contribution in [1.82, 2.24) is 9.55 Å². The lowest BCUT2D eigenvalue weighted by atomic mass is 10.1. The van der Waals surface area contributed by atoms with Crippen molar-refractivity contribution in [3.8, 4) is 0 Å². The van der Waals surface area contributed by atoms with Crippen molar-refractivity contribution in [2.45, 2.75) is 16.7 Å². The van der Waals surface area contributed by atoms with Crippen LogP contribution in [-0.2, 0) is 6.54 Å². The Kier molecular flexibility index (Phi) is 5.43. The molecule has 0 amide bonds. The summed E-state index contributed by atoms with van der Waals surface area (Å²) in [7, 11) is 0. The van der Waals surface area contributed by atoms with Crippen LogP contribution in [0.15, 0.2) is 60.0 Å². The fourth-order valence-corrected chi connectivity index (χ4v) is 4.00. The number of rotatable bonds is 5. The Hall–Kier alpha value is -1.56. The molecule has 0 saturated carbocycles. The molecule has 0 aliphatic carbocycles. The van der Waals surface area contributed by atoms with Gasteiger partial charge in [-0.05, 0) is 24.3 Å². The van der Waals surface area contributed by atoms with Crippen LogP contribution in [0.3, 0.4) is 0 Å². The zero-order valence-corrected chi connectivity index (χ0v) is 14.6. The van der Waals surface area contributed by atoms with Gasteiger partial charge in [-0.3, -0.25) is 0 Å². The molecule has 0 N–H and O–H groups in total. The Morgan fingerprint density at radius 2 is 1.96 bits per heavy atom. The molecule has 24 heavy (non-hydrogen) atoms. The van der Waals surface area contributed by atoms with Crippen molar-refractivity contribution < 1.29 is 8.78 Å². The van der Waals surface area contributed by atoms with Crippen LogP contribution in [0.2, 0.25) is 10.0 Å². The zero-order chi connectivity index (χ0) is 17.1. The highest BCUT2D eigenvalue weighted by molar-refractivity contribution is 7.99. The van der Waals surface area contributed by atoms with E-state index < -0.39 is 11.6 Å². The summed E-state index contributed by atoms with van der Waals surface area (Å²) in [6, 6.07) is 8.76. The van der Waals surface area contributed by atoms with Gasteiger partial charge in [-0.1, -0.05) is 29.3 Å². The number of halogens is 4. The lowest BCUT2D eigenvalue weighted by Gasteiger charge is -2.19. The number of hydrogen-bond acceptors (Lipinski definition) is 2. The third kappa shape index (κ3) is 4.09. The molecule has 2 aromatic carbocycles. The normalized spacial score (nSPS) is 12.3. The fourth-order valence-electron chi connectivity index (χ4n) is 2.27. The van der Waals surface area contributed by atoms with Gasteiger partial charge in [0, 0.05) is 40.5 Å². The molecule has 0 fully saturated rings. The first kappa shape index (κ1) is 17.3. The summed E-state index contributed by atoms with van der Waals surface area (Å²) in [6.07, 6.45) is 5.09. The standard InChI is InChI=1S/C17H12Cl2F2N2S/c18-11-1-4-16(14(19)7-11)24-17(9-23-6-5-22-10-23)13-3-2-12(20)8-15(13)21/h1-8,10,17H,9H2. The molecule has 3 aromatic rings. The van der Waals surface area contributed by atoms with Crippen molar-refractivity contribution in [3.63, 3.8) is 0 Å². The van der Waals surface area contributed by atoms with Crippen molar-refractivity contribution in [2.24, 2.45) is 0 Å². The predicted molar refractivity (Wildman–Crippen MR) is 93.6 cm³/mol. The topological polar surface area (TPSA) is 17.8 Å². The predicted octanol–water partition coefficient (Wildman–Crippen LogP) is 6.00. The molecule has 0 bridgehead atoms. The van der Waals surface area contributed by atoms with Crippen LogP contribution in [0.5, 0.6) is 0 Å². The number of thioether (sulfide) groups is 1. The van der Waals surface area contributed by atoms with E-state index in [-0.39, 0.29) is 5.25 Å². The van der Waals surface area contributed by atoms with Gasteiger partial charge in [-0.15, -0.1) is 11.8 Å². The van der Waals surface area contributed by atoms with Gasteiger partial charge in [0.25, 0.3) is 0 Å². The molecule has 1 heterocycles. The summed E-state index contributed by atoms with van der Waals surface area (Å²) in [5.41, 5.74) is 0.404. The Morgan fingerprint density at radius 1 is 1.12 bits per heavy atom. The monoisotopic (exact) mass is 384 g/mol. The average Bonchev–Trinajstić information content (AvgIpc) is 3.02. The van der Waals surface area contributed by atoms with Gasteiger partial charge in [-0.2, -0.15) is 0 Å². The molecule has 0 saturated heterocycles. The second-order valence-corrected chi connectivity index (χ2v) is 7.19. The minimum Gasteiger partial charge on any atom is -0.336 e. The molecule has 0 spiro atoms. The van der Waals surface area contributed by atoms with E-state index in [1.807, 2.05) is 4.57 Å². The van der Waals surface area contributed by atoms with Gasteiger partial charge >= 0.3 is 0 Å². The van der Waals surface area contributed by atoms with Gasteiger partial charge in [-0.25, -0.2) is 13.8 Å². The highest BCUT2D eigenvalue weighted by Crippen LogP contribution is 2.41. The van der Waals surface area contributed by atoms with Crippen LogP contribution in [0, 0.1) is 11.6 Å². The minimum absolute atomic E-state index is 0.307. The second kappa shape index (κ2) is 7.55. The van der Waals surface area contributed by atoms with Gasteiger partial charge in [0.1, 0.15) is 11.6 Å². The first-order valence-electron chi connectivity index (χ1n) is 7.05. The molecule has 0 aliphatic heterocycles. The third-order valence-electron chi connectivity index (χ3n) is 3.41. The van der Waals surface area contributed by atoms with E-state index in [0.717, 1.165) is 11.0 Å². The van der Waals surface area contributed by atoms with Crippen LogP contribution in [0.4, 0.5) is 8.78 Å². The van der Waals surface area contributed by atoms with Crippen LogP contribution < -0.4 is 0 Å². The number of nitrogens with zero attached hydrogens (tertiary/aromatic N) is 2. The average molecular weight is 385 g/mol. The Labute approximate surface area is 152 Å². The molecule has 7 heteroatoms. The Balaban J connectivity index is 1.95. The van der Waals surface area contributed by atoms with Crippen LogP contribution in [-0.4, -0.2) is 9.55 Å². The SMILES string of the molecule is Fc1ccc(C(Cn2ccnc2)Sc2ccc(Cl)cc2Cl)c(F)c1. The summed E-state index contributed by atoms with van der Waals surface area (Å²) < 4.78 is 29.3. The van der Waals surface area contributed by atoms with E-state index in [4.69, 9.17) is 23.2 Å². The molecule has 3 rings (SSSR count). The summed E-state index contributed by atoms with van der Waals surface area (Å²) in [5.74, 6) is -1.19. The molecule has 124 valence electrons. The summed E-state index contributed by atoms with van der Waals surface area (Å²) in [6.45, 7) is 0.464. The molecule has 2 nitrogen and oxygen atoms in total. The molecular weight excluding hydrogens is 373 g/mol. The lowest BCUT2D eigenvalue weighted by Crippen LogP contribution is -2.07. The molecule has 1 unspecified atom stereocenters. The second-order valence-electron chi connectivity index (χ2n) is 5.11. The minimum atomic E-state index is -0.604. The maximum absolute atomic E-state index is 14.3. The lowest BCUT2D eigenvalue weighted by molar-refractivity contribution is 0.561. The van der Waals surface area contributed by atoms with Crippen LogP contribution in [0.25, 0.3) is 0 Å². The maximum atomic E-state index is 14.3. The number of aromatic nitrogens is 2. The third-order valence-corrected chi connectivity index (χ3v) is 5.37. The van der Waals surface area contributed by atoms with E-state index in [0.29, 0.717) is 22.2 Å².